The van der Waals surface area contributed by atoms with Crippen molar-refractivity contribution < 1.29 is 28.7 Å². The van der Waals surface area contributed by atoms with Crippen LogP contribution in [0, 0.1) is 17.8 Å². The second-order valence-corrected chi connectivity index (χ2v) is 17.7. The first-order chi connectivity index (χ1) is 28.1. The fourth-order valence-electron chi connectivity index (χ4n) is 7.57. The minimum absolute atomic E-state index is 0.0927. The van der Waals surface area contributed by atoms with E-state index in [-0.39, 0.29) is 36.0 Å². The monoisotopic (exact) mass is 806 g/mol. The number of carbonyl (C=O) groups is 4. The van der Waals surface area contributed by atoms with Crippen molar-refractivity contribution in [2.45, 2.75) is 91.3 Å². The van der Waals surface area contributed by atoms with E-state index in [9.17, 15) is 19.2 Å². The molecule has 1 aliphatic carbocycles. The summed E-state index contributed by atoms with van der Waals surface area (Å²) < 4.78 is 10.9. The highest BCUT2D eigenvalue weighted by Crippen LogP contribution is 2.32. The summed E-state index contributed by atoms with van der Waals surface area (Å²) in [5.74, 6) is -0.00924. The van der Waals surface area contributed by atoms with Gasteiger partial charge < -0.3 is 29.9 Å². The molecule has 2 aromatic carbocycles. The first-order valence-corrected chi connectivity index (χ1v) is 20.7. The summed E-state index contributed by atoms with van der Waals surface area (Å²) in [7, 11) is 0. The summed E-state index contributed by atoms with van der Waals surface area (Å²) in [5, 5.41) is 13.9. The van der Waals surface area contributed by atoms with E-state index in [1.165, 1.54) is 0 Å². The third kappa shape index (κ3) is 12.7. The number of azo groups is 1. The molecule has 14 heteroatoms. The Balaban J connectivity index is 1.09. The molecule has 2 N–H and O–H groups in total. The van der Waals surface area contributed by atoms with Gasteiger partial charge in [-0.2, -0.15) is 5.11 Å². The molecule has 14 nitrogen and oxygen atoms in total. The number of ketones is 1. The predicted octanol–water partition coefficient (Wildman–Crippen LogP) is 8.06. The largest absolute Gasteiger partial charge is 0.444 e. The number of alkyl carbamates (subject to hydrolysis) is 1. The van der Waals surface area contributed by atoms with Gasteiger partial charge in [0.25, 0.3) is 0 Å². The number of aromatic nitrogens is 1. The molecule has 1 saturated heterocycles. The lowest BCUT2D eigenvalue weighted by atomic mass is 9.77. The molecule has 1 atom stereocenters. The van der Waals surface area contributed by atoms with Crippen LogP contribution in [0.4, 0.5) is 21.0 Å². The van der Waals surface area contributed by atoms with Crippen molar-refractivity contribution in [2.24, 2.45) is 33.0 Å². The van der Waals surface area contributed by atoms with Crippen molar-refractivity contribution in [1.82, 2.24) is 15.2 Å². The van der Waals surface area contributed by atoms with Crippen LogP contribution >= 0.6 is 0 Å². The van der Waals surface area contributed by atoms with Gasteiger partial charge in [-0.1, -0.05) is 24.3 Å². The number of hydrogen-bond donors (Lipinski definition) is 2. The lowest BCUT2D eigenvalue weighted by Crippen LogP contribution is -2.50. The minimum Gasteiger partial charge on any atom is -0.444 e. The highest BCUT2D eigenvalue weighted by Gasteiger charge is 2.31. The summed E-state index contributed by atoms with van der Waals surface area (Å²) in [6.07, 6.45) is 6.55. The van der Waals surface area contributed by atoms with E-state index in [0.29, 0.717) is 57.3 Å². The number of amides is 3. The third-order valence-electron chi connectivity index (χ3n) is 10.7. The van der Waals surface area contributed by atoms with E-state index in [4.69, 9.17) is 9.47 Å². The van der Waals surface area contributed by atoms with Gasteiger partial charge in [-0.15, -0.1) is 5.11 Å². The van der Waals surface area contributed by atoms with Crippen LogP contribution in [-0.2, 0) is 25.5 Å². The average Bonchev–Trinajstić information content (AvgIpc) is 3.75. The van der Waals surface area contributed by atoms with Gasteiger partial charge in [0, 0.05) is 74.0 Å². The predicted molar refractivity (Wildman–Crippen MR) is 228 cm³/mol. The molecule has 314 valence electrons. The third-order valence-corrected chi connectivity index (χ3v) is 10.7. The number of ether oxygens (including phenoxy) is 2. The molecule has 1 aromatic heterocycles. The van der Waals surface area contributed by atoms with Crippen LogP contribution < -0.4 is 15.5 Å². The van der Waals surface area contributed by atoms with Crippen molar-refractivity contribution in [2.75, 3.05) is 49.6 Å². The van der Waals surface area contributed by atoms with Crippen molar-refractivity contribution >= 4 is 41.1 Å². The highest BCUT2D eigenvalue weighted by atomic mass is 16.6. The average molecular weight is 807 g/mol. The number of benzene rings is 2. The zero-order valence-corrected chi connectivity index (χ0v) is 35.2. The van der Waals surface area contributed by atoms with Crippen molar-refractivity contribution in [1.29, 1.82) is 0 Å². The van der Waals surface area contributed by atoms with E-state index in [1.807, 2.05) is 102 Å². The van der Waals surface area contributed by atoms with Gasteiger partial charge in [-0.25, -0.2) is 14.6 Å². The molecule has 2 fully saturated rings. The summed E-state index contributed by atoms with van der Waals surface area (Å²) in [6, 6.07) is 17.5. The molecule has 59 heavy (non-hydrogen) atoms. The maximum atomic E-state index is 14.0. The van der Waals surface area contributed by atoms with Crippen LogP contribution in [0.15, 0.2) is 82.2 Å². The molecule has 3 aliphatic rings. The van der Waals surface area contributed by atoms with Crippen LogP contribution in [0.25, 0.3) is 11.1 Å². The van der Waals surface area contributed by atoms with Gasteiger partial charge in [-0.05, 0) is 121 Å². The number of amidine groups is 1. The van der Waals surface area contributed by atoms with Gasteiger partial charge in [-0.3, -0.25) is 14.6 Å². The van der Waals surface area contributed by atoms with Gasteiger partial charge in [0.2, 0.25) is 5.91 Å². The fourth-order valence-corrected chi connectivity index (χ4v) is 7.57. The molecular weight excluding hydrogens is 749 g/mol. The van der Waals surface area contributed by atoms with E-state index in [2.05, 4.69) is 41.8 Å². The van der Waals surface area contributed by atoms with Crippen LogP contribution in [-0.4, -0.2) is 90.2 Å². The maximum absolute atomic E-state index is 14.0. The molecule has 1 saturated carbocycles. The molecule has 3 heterocycles. The molecule has 2 aliphatic heterocycles. The number of pyridine rings is 1. The number of anilines is 2. The van der Waals surface area contributed by atoms with Crippen LogP contribution in [0.5, 0.6) is 0 Å². The number of carbonyl (C=O) groups excluding carboxylic acids is 4. The SMILES string of the molecule is CC(C)(C)OC(=O)NCC1CCC(C(=O)C[C@@H](Cc2ccc(-c3cncc(N4CCN(C(=O)OC(C)(C)C)CC4)c3)cc2)C(=O)Nc2ccc(C3=NCN=N3)cc2)CC1. The Morgan fingerprint density at radius 3 is 2.08 bits per heavy atom. The van der Waals surface area contributed by atoms with Crippen molar-refractivity contribution in [3.05, 3.63) is 78.1 Å². The lowest BCUT2D eigenvalue weighted by molar-refractivity contribution is -0.129. The number of hydrogen-bond acceptors (Lipinski definition) is 11. The molecule has 0 unspecified atom stereocenters. The molecule has 6 rings (SSSR count). The highest BCUT2D eigenvalue weighted by molar-refractivity contribution is 6.01. The summed E-state index contributed by atoms with van der Waals surface area (Å²) in [5.41, 5.74) is 4.20. The fraction of sp³-hybridized carbons (Fsp3) is 0.511. The summed E-state index contributed by atoms with van der Waals surface area (Å²) in [4.78, 5) is 65.3. The first kappa shape index (κ1) is 42.9. The van der Waals surface area contributed by atoms with Crippen molar-refractivity contribution in [3.63, 3.8) is 0 Å². The van der Waals surface area contributed by atoms with Crippen LogP contribution in [0.2, 0.25) is 0 Å². The molecule has 0 bridgehead atoms. The second-order valence-electron chi connectivity index (χ2n) is 17.7. The number of Topliss-reactive ketones (excluding diaryl/α,β-unsaturated/α-hetero) is 1. The minimum atomic E-state index is -0.586. The lowest BCUT2D eigenvalue weighted by Gasteiger charge is -2.36. The van der Waals surface area contributed by atoms with Crippen molar-refractivity contribution in [3.8, 4) is 11.1 Å². The van der Waals surface area contributed by atoms with E-state index >= 15 is 0 Å². The molecule has 3 amide bonds. The topological polar surface area (TPSA) is 167 Å². The number of nitrogens with zero attached hydrogens (tertiary/aromatic N) is 6. The Morgan fingerprint density at radius 2 is 1.46 bits per heavy atom. The van der Waals surface area contributed by atoms with Gasteiger partial charge in [0.15, 0.2) is 12.5 Å². The quantitative estimate of drug-likeness (QED) is 0.185. The smallest absolute Gasteiger partial charge is 0.410 e. The zero-order valence-electron chi connectivity index (χ0n) is 35.2. The van der Waals surface area contributed by atoms with E-state index in [0.717, 1.165) is 53.6 Å². The molecule has 0 spiro atoms. The Hall–Kier alpha value is -5.66. The molecule has 3 aromatic rings. The van der Waals surface area contributed by atoms with Crippen LogP contribution in [0.3, 0.4) is 0 Å². The van der Waals surface area contributed by atoms with E-state index in [1.54, 1.807) is 4.90 Å². The van der Waals surface area contributed by atoms with Crippen LogP contribution in [0.1, 0.15) is 84.8 Å². The zero-order chi connectivity index (χ0) is 42.2. The Labute approximate surface area is 347 Å². The standard InChI is InChI=1S/C45H58N8O6/c1-44(2,3)58-42(56)47-26-31-9-13-33(14-10-31)39(54)25-35(41(55)50-37-17-15-34(16-18-37)40-48-29-49-51-40)23-30-7-11-32(12-8-30)36-24-38(28-46-27-36)52-19-21-53(22-20-52)43(57)59-45(4,5)6/h7-8,11-12,15-18,24,27-28,31,33,35H,9-10,13-14,19-23,25-26,29H2,1-6H3,(H,47,56)(H,50,55)/t31?,33?,35-/m1/s1. The second kappa shape index (κ2) is 18.9. The first-order valence-electron chi connectivity index (χ1n) is 20.7. The number of piperazine rings is 1. The normalized spacial score (nSPS) is 18.8. The summed E-state index contributed by atoms with van der Waals surface area (Å²) >= 11 is 0. The van der Waals surface area contributed by atoms with Gasteiger partial charge >= 0.3 is 12.2 Å². The van der Waals surface area contributed by atoms with E-state index < -0.39 is 23.2 Å². The van der Waals surface area contributed by atoms with Gasteiger partial charge in [0.1, 0.15) is 17.0 Å². The Morgan fingerprint density at radius 1 is 0.797 bits per heavy atom. The maximum Gasteiger partial charge on any atom is 0.410 e. The number of aliphatic imine (C=N–C) groups is 1. The number of rotatable bonds is 12. The van der Waals surface area contributed by atoms with Gasteiger partial charge in [0.05, 0.1) is 11.9 Å². The number of nitrogens with one attached hydrogen (secondary N) is 2. The Kier molecular flexibility index (Phi) is 13.8. The Bertz CT molecular complexity index is 2000. The molecular formula is C45H58N8O6. The summed E-state index contributed by atoms with van der Waals surface area (Å²) in [6.45, 7) is 14.4. The molecule has 0 radical (unpaired) electrons.